The predicted molar refractivity (Wildman–Crippen MR) is 143 cm³/mol. The Labute approximate surface area is 227 Å². The second-order valence-electron chi connectivity index (χ2n) is 13.4. The number of aliphatic hydroxyl groups excluding tert-OH is 2. The molecule has 3 saturated carbocycles. The van der Waals surface area contributed by atoms with Crippen LogP contribution in [0.3, 0.4) is 0 Å². The van der Waals surface area contributed by atoms with Crippen molar-refractivity contribution in [3.05, 3.63) is 11.3 Å². The van der Waals surface area contributed by atoms with Crippen LogP contribution in [0.5, 0.6) is 0 Å². The van der Waals surface area contributed by atoms with Gasteiger partial charge in [0, 0.05) is 31.6 Å². The van der Waals surface area contributed by atoms with Crippen LogP contribution >= 0.6 is 0 Å². The second kappa shape index (κ2) is 10.9. The van der Waals surface area contributed by atoms with Crippen molar-refractivity contribution in [3.63, 3.8) is 0 Å². The molecule has 0 saturated heterocycles. The number of allylic oxidation sites excluding steroid dienone is 1. The molecule has 0 aliphatic heterocycles. The Bertz CT molecular complexity index is 969. The fraction of sp³-hybridized carbons (Fsp3) is 0.839. The van der Waals surface area contributed by atoms with Crippen molar-refractivity contribution in [1.29, 1.82) is 0 Å². The smallest absolute Gasteiger partial charge is 0.302 e. The molecule has 0 bridgehead atoms. The van der Waals surface area contributed by atoms with E-state index in [1.165, 1.54) is 13.8 Å². The Hall–Kier alpha value is -1.89. The Morgan fingerprint density at radius 2 is 1.74 bits per heavy atom. The van der Waals surface area contributed by atoms with E-state index >= 15 is 0 Å². The molecule has 0 spiro atoms. The van der Waals surface area contributed by atoms with Crippen LogP contribution in [0.15, 0.2) is 11.3 Å². The summed E-state index contributed by atoms with van der Waals surface area (Å²) < 4.78 is 11.8. The third-order valence-electron chi connectivity index (χ3n) is 11.0. The van der Waals surface area contributed by atoms with E-state index in [-0.39, 0.29) is 59.4 Å². The topological polar surface area (TPSA) is 110 Å². The summed E-state index contributed by atoms with van der Waals surface area (Å²) in [6, 6.07) is 0. The first-order chi connectivity index (χ1) is 17.8. The summed E-state index contributed by atoms with van der Waals surface area (Å²) in [5.74, 6) is 0.199. The number of Topliss-reactive ketones (excluding diaryl/α,β-unsaturated/α-hetero) is 1. The van der Waals surface area contributed by atoms with E-state index in [4.69, 9.17) is 9.47 Å². The van der Waals surface area contributed by atoms with Crippen molar-refractivity contribution in [2.24, 2.45) is 46.3 Å². The van der Waals surface area contributed by atoms with Crippen LogP contribution in [0.2, 0.25) is 0 Å². The fourth-order valence-electron chi connectivity index (χ4n) is 9.23. The number of fused-ring (bicyclic) bond motifs is 5. The molecule has 2 N–H and O–H groups in total. The summed E-state index contributed by atoms with van der Waals surface area (Å²) in [5.41, 5.74) is 0.298. The predicted octanol–water partition coefficient (Wildman–Crippen LogP) is 5.54. The lowest BCUT2D eigenvalue weighted by Crippen LogP contribution is -2.55. The van der Waals surface area contributed by atoms with Crippen LogP contribution in [0.4, 0.5) is 0 Å². The highest BCUT2D eigenvalue weighted by atomic mass is 16.5. The molecule has 4 aliphatic carbocycles. The maximum Gasteiger partial charge on any atom is 0.302 e. The summed E-state index contributed by atoms with van der Waals surface area (Å²) >= 11 is 0. The van der Waals surface area contributed by atoms with Crippen LogP contribution in [0, 0.1) is 46.3 Å². The van der Waals surface area contributed by atoms with Crippen LogP contribution in [0.1, 0.15) is 99.3 Å². The van der Waals surface area contributed by atoms with E-state index in [1.807, 2.05) is 0 Å². The maximum atomic E-state index is 12.3. The van der Waals surface area contributed by atoms with Crippen LogP contribution in [0.25, 0.3) is 0 Å². The molecule has 7 heteroatoms. The van der Waals surface area contributed by atoms with Crippen molar-refractivity contribution in [2.45, 2.75) is 112 Å². The molecular weight excluding hydrogens is 484 g/mol. The number of hydrogen-bond acceptors (Lipinski definition) is 7. The van der Waals surface area contributed by atoms with Crippen LogP contribution < -0.4 is 0 Å². The lowest BCUT2D eigenvalue weighted by Gasteiger charge is -2.59. The molecule has 0 amide bonds. The maximum absolute atomic E-state index is 12.3. The average Bonchev–Trinajstić information content (AvgIpc) is 3.16. The van der Waals surface area contributed by atoms with Gasteiger partial charge in [0.1, 0.15) is 6.10 Å². The van der Waals surface area contributed by atoms with Gasteiger partial charge in [0.2, 0.25) is 0 Å². The van der Waals surface area contributed by atoms with Crippen molar-refractivity contribution in [3.8, 4) is 0 Å². The molecule has 4 rings (SSSR count). The number of esters is 2. The van der Waals surface area contributed by atoms with E-state index in [9.17, 15) is 24.6 Å². The molecule has 7 nitrogen and oxygen atoms in total. The SMILES string of the molecule is CC(=O)OC[C@]12CC[C@H]3[C@@H](CCC4=C(O)C(=O)CC[C@@]43C)[C@@H]1C[C@H](OC(C)=O)[C@@H]2[C@H](C)[C@H](O)CCC(C)C. The minimum atomic E-state index is -0.536. The average molecular weight is 533 g/mol. The van der Waals surface area contributed by atoms with Crippen molar-refractivity contribution >= 4 is 17.7 Å². The molecule has 214 valence electrons. The summed E-state index contributed by atoms with van der Waals surface area (Å²) in [6.45, 7) is 11.7. The highest BCUT2D eigenvalue weighted by Gasteiger charge is 2.66. The molecule has 4 aliphatic rings. The van der Waals surface area contributed by atoms with Gasteiger partial charge in [0.05, 0.1) is 12.7 Å². The van der Waals surface area contributed by atoms with Gasteiger partial charge in [-0.15, -0.1) is 0 Å². The Morgan fingerprint density at radius 3 is 2.37 bits per heavy atom. The lowest BCUT2D eigenvalue weighted by atomic mass is 9.46. The Balaban J connectivity index is 1.73. The third kappa shape index (κ3) is 5.04. The van der Waals surface area contributed by atoms with Crippen LogP contribution in [-0.2, 0) is 23.9 Å². The lowest BCUT2D eigenvalue weighted by molar-refractivity contribution is -0.164. The van der Waals surface area contributed by atoms with Gasteiger partial charge in [-0.1, -0.05) is 27.7 Å². The Kier molecular flexibility index (Phi) is 8.38. The van der Waals surface area contributed by atoms with Crippen molar-refractivity contribution in [1.82, 2.24) is 0 Å². The third-order valence-corrected chi connectivity index (χ3v) is 11.0. The zero-order valence-corrected chi connectivity index (χ0v) is 24.1. The molecule has 0 unspecified atom stereocenters. The van der Waals surface area contributed by atoms with Gasteiger partial charge in [0.15, 0.2) is 11.5 Å². The van der Waals surface area contributed by atoms with E-state index < -0.39 is 11.5 Å². The number of rotatable bonds is 8. The van der Waals surface area contributed by atoms with E-state index in [1.54, 1.807) is 0 Å². The molecule has 9 atom stereocenters. The highest BCUT2D eigenvalue weighted by molar-refractivity contribution is 5.95. The van der Waals surface area contributed by atoms with E-state index in [2.05, 4.69) is 27.7 Å². The van der Waals surface area contributed by atoms with E-state index in [0.717, 1.165) is 37.7 Å². The van der Waals surface area contributed by atoms with Gasteiger partial charge >= 0.3 is 11.9 Å². The highest BCUT2D eigenvalue weighted by Crippen LogP contribution is 2.68. The summed E-state index contributed by atoms with van der Waals surface area (Å²) in [6.07, 6.45) is 5.75. The van der Waals surface area contributed by atoms with Gasteiger partial charge in [-0.25, -0.2) is 0 Å². The number of aliphatic hydroxyl groups is 2. The molecule has 0 radical (unpaired) electrons. The molecule has 38 heavy (non-hydrogen) atoms. The first kappa shape index (κ1) is 29.1. The fourth-order valence-corrected chi connectivity index (χ4v) is 9.23. The van der Waals surface area contributed by atoms with Crippen molar-refractivity contribution < 1.29 is 34.1 Å². The quantitative estimate of drug-likeness (QED) is 0.395. The number of ketones is 1. The molecule has 3 fully saturated rings. The summed E-state index contributed by atoms with van der Waals surface area (Å²) in [5, 5.41) is 22.0. The zero-order valence-electron chi connectivity index (χ0n) is 24.1. The van der Waals surface area contributed by atoms with Crippen molar-refractivity contribution in [2.75, 3.05) is 6.61 Å². The van der Waals surface area contributed by atoms with Gasteiger partial charge in [-0.3, -0.25) is 14.4 Å². The Morgan fingerprint density at radius 1 is 1.03 bits per heavy atom. The monoisotopic (exact) mass is 532 g/mol. The standard InChI is InChI=1S/C31H48O7/c1-17(2)7-10-25(34)18(3)28-27(38-20(5)33)15-24-21-8-9-23-29(36)26(35)12-13-30(23,6)22(21)11-14-31(24,28)16-37-19(4)32/h17-18,21-22,24-25,27-28,34,36H,7-16H2,1-6H3/t18-,21-,22+,24+,25-,27+,28+,30-,31-/m1/s1. The normalized spacial score (nSPS) is 38.2. The number of carbonyl (C=O) groups excluding carboxylic acids is 3. The number of hydrogen-bond donors (Lipinski definition) is 2. The minimum absolute atomic E-state index is 0.0158. The van der Waals surface area contributed by atoms with Gasteiger partial charge in [-0.2, -0.15) is 0 Å². The molecule has 0 aromatic rings. The van der Waals surface area contributed by atoms with Gasteiger partial charge in [-0.05, 0) is 91.9 Å². The molecule has 0 aromatic heterocycles. The molecular formula is C31H48O7. The summed E-state index contributed by atoms with van der Waals surface area (Å²) in [7, 11) is 0. The minimum Gasteiger partial charge on any atom is -0.504 e. The largest absolute Gasteiger partial charge is 0.504 e. The molecule has 0 aromatic carbocycles. The van der Waals surface area contributed by atoms with E-state index in [0.29, 0.717) is 43.4 Å². The number of carbonyl (C=O) groups is 3. The number of ether oxygens (including phenoxy) is 2. The van der Waals surface area contributed by atoms with Gasteiger partial charge < -0.3 is 19.7 Å². The first-order valence-corrected chi connectivity index (χ1v) is 14.8. The molecule has 0 heterocycles. The zero-order chi connectivity index (χ0) is 28.0. The first-order valence-electron chi connectivity index (χ1n) is 14.8. The second-order valence-corrected chi connectivity index (χ2v) is 13.4. The summed E-state index contributed by atoms with van der Waals surface area (Å²) in [4.78, 5) is 36.7. The van der Waals surface area contributed by atoms with Crippen LogP contribution in [-0.4, -0.2) is 46.7 Å². The van der Waals surface area contributed by atoms with Gasteiger partial charge in [0.25, 0.3) is 0 Å².